The highest BCUT2D eigenvalue weighted by atomic mass is 16.8. The Morgan fingerprint density at radius 1 is 0.939 bits per heavy atom. The molecule has 276 valence electrons. The van der Waals surface area contributed by atoms with E-state index in [9.17, 15) is 19.2 Å². The van der Waals surface area contributed by atoms with Gasteiger partial charge in [0.25, 0.3) is 0 Å². The van der Waals surface area contributed by atoms with Crippen LogP contribution < -0.4 is 22.1 Å². The molecule has 4 atom stereocenters. The summed E-state index contributed by atoms with van der Waals surface area (Å²) in [6.45, 7) is 9.01. The van der Waals surface area contributed by atoms with E-state index in [2.05, 4.69) is 30.1 Å². The number of alkyl carbamates (subject to hydrolysis) is 1. The molecule has 0 radical (unpaired) electrons. The molecule has 1 aliphatic heterocycles. The number of nitrogens with two attached hydrogens (primary N) is 1. The standard InChI is InChI=1S/C38H62N4O7/c1-27(2)24-31(35(44)41-39)34(36(45)42-49-33-19-11-12-23-47-33)38(25-28(3)4,21-20-29-14-7-5-8-15-29)32(43)18-13-22-40-37(46)48-26-30-16-9-6-10-17-30/h6,9-10,16-17,27-29,31,33-34H,5,7-8,11-15,18-26,39H2,1-4H3,(H,40,46)(H,41,44)(H,42,45)/t31-,33?,34-,38?/m1/s1. The maximum Gasteiger partial charge on any atom is 0.407 e. The molecule has 0 aromatic heterocycles. The smallest absolute Gasteiger partial charge is 0.407 e. The minimum Gasteiger partial charge on any atom is -0.445 e. The predicted molar refractivity (Wildman–Crippen MR) is 188 cm³/mol. The molecular weight excluding hydrogens is 624 g/mol. The van der Waals surface area contributed by atoms with Crippen LogP contribution in [0.3, 0.4) is 0 Å². The zero-order chi connectivity index (χ0) is 35.6. The third kappa shape index (κ3) is 13.3. The number of ketones is 1. The summed E-state index contributed by atoms with van der Waals surface area (Å²) >= 11 is 0. The summed E-state index contributed by atoms with van der Waals surface area (Å²) in [6.07, 6.45) is 9.62. The highest BCUT2D eigenvalue weighted by Crippen LogP contribution is 2.48. The van der Waals surface area contributed by atoms with E-state index in [1.807, 2.05) is 44.2 Å². The molecular formula is C38H62N4O7. The van der Waals surface area contributed by atoms with Gasteiger partial charge in [-0.1, -0.05) is 90.1 Å². The van der Waals surface area contributed by atoms with Gasteiger partial charge in [0.2, 0.25) is 11.8 Å². The van der Waals surface area contributed by atoms with E-state index in [1.165, 1.54) is 6.42 Å². The third-order valence-electron chi connectivity index (χ3n) is 10.0. The molecule has 3 rings (SSSR count). The van der Waals surface area contributed by atoms with Crippen molar-refractivity contribution in [3.8, 4) is 0 Å². The van der Waals surface area contributed by atoms with Gasteiger partial charge in [-0.15, -0.1) is 0 Å². The fraction of sp³-hybridized carbons (Fsp3) is 0.737. The van der Waals surface area contributed by atoms with Gasteiger partial charge in [-0.3, -0.25) is 19.8 Å². The number of hydrogen-bond donors (Lipinski definition) is 4. The van der Waals surface area contributed by atoms with E-state index < -0.39 is 41.4 Å². The van der Waals surface area contributed by atoms with Crippen LogP contribution >= 0.6 is 0 Å². The van der Waals surface area contributed by atoms with Gasteiger partial charge in [0.15, 0.2) is 6.29 Å². The summed E-state index contributed by atoms with van der Waals surface area (Å²) in [5, 5.41) is 2.76. The zero-order valence-corrected chi connectivity index (χ0v) is 30.3. The number of hydroxylamine groups is 1. The molecule has 1 aromatic rings. The third-order valence-corrected chi connectivity index (χ3v) is 10.0. The van der Waals surface area contributed by atoms with Gasteiger partial charge in [-0.25, -0.2) is 21.0 Å². The van der Waals surface area contributed by atoms with Crippen molar-refractivity contribution >= 4 is 23.7 Å². The first-order chi connectivity index (χ1) is 23.6. The summed E-state index contributed by atoms with van der Waals surface area (Å²) in [5.74, 6) is 3.39. The molecule has 5 N–H and O–H groups in total. The quantitative estimate of drug-likeness (QED) is 0.0524. The minimum absolute atomic E-state index is 0.0523. The molecule has 0 bridgehead atoms. The molecule has 2 aliphatic rings. The molecule has 1 aromatic carbocycles. The van der Waals surface area contributed by atoms with E-state index in [-0.39, 0.29) is 37.2 Å². The molecule has 49 heavy (non-hydrogen) atoms. The second-order valence-electron chi connectivity index (χ2n) is 14.9. The minimum atomic E-state index is -1.16. The lowest BCUT2D eigenvalue weighted by atomic mass is 9.58. The topological polar surface area (TPSA) is 158 Å². The van der Waals surface area contributed by atoms with Gasteiger partial charge in [0.1, 0.15) is 12.4 Å². The maximum atomic E-state index is 14.8. The van der Waals surface area contributed by atoms with Crippen LogP contribution in [0.25, 0.3) is 0 Å². The second kappa shape index (κ2) is 21.3. The highest BCUT2D eigenvalue weighted by molar-refractivity contribution is 5.95. The number of Topliss-reactive ketones (excluding diaryl/α,β-unsaturated/α-hetero) is 1. The van der Waals surface area contributed by atoms with Crippen molar-refractivity contribution in [1.29, 1.82) is 0 Å². The molecule has 0 spiro atoms. The van der Waals surface area contributed by atoms with Crippen LogP contribution in [-0.4, -0.2) is 43.1 Å². The fourth-order valence-electron chi connectivity index (χ4n) is 7.76. The summed E-state index contributed by atoms with van der Waals surface area (Å²) in [6, 6.07) is 9.42. The summed E-state index contributed by atoms with van der Waals surface area (Å²) < 4.78 is 11.1. The monoisotopic (exact) mass is 686 g/mol. The Kier molecular flexibility index (Phi) is 17.5. The first kappa shape index (κ1) is 40.4. The molecule has 11 nitrogen and oxygen atoms in total. The average Bonchev–Trinajstić information content (AvgIpc) is 3.10. The number of benzene rings is 1. The summed E-state index contributed by atoms with van der Waals surface area (Å²) in [7, 11) is 0. The van der Waals surface area contributed by atoms with Crippen molar-refractivity contribution in [1.82, 2.24) is 16.2 Å². The van der Waals surface area contributed by atoms with Crippen LogP contribution in [0.15, 0.2) is 30.3 Å². The van der Waals surface area contributed by atoms with Crippen molar-refractivity contribution in [3.05, 3.63) is 35.9 Å². The molecule has 3 amide bonds. The van der Waals surface area contributed by atoms with Crippen LogP contribution in [0.2, 0.25) is 0 Å². The SMILES string of the molecule is CC(C)C[C@@H](C(=O)NN)[C@H](C(=O)NOC1CCCCO1)C(CCC1CCCCC1)(CC(C)C)C(=O)CCCNC(=O)OCc1ccccc1. The van der Waals surface area contributed by atoms with Crippen LogP contribution in [0.1, 0.15) is 123 Å². The largest absolute Gasteiger partial charge is 0.445 e. The lowest BCUT2D eigenvalue weighted by molar-refractivity contribution is -0.205. The summed E-state index contributed by atoms with van der Waals surface area (Å²) in [4.78, 5) is 61.1. The van der Waals surface area contributed by atoms with Gasteiger partial charge in [0, 0.05) is 31.4 Å². The van der Waals surface area contributed by atoms with E-state index >= 15 is 0 Å². The molecule has 1 saturated carbocycles. The first-order valence-corrected chi connectivity index (χ1v) is 18.6. The molecule has 2 fully saturated rings. The van der Waals surface area contributed by atoms with Crippen LogP contribution in [-0.2, 0) is 35.3 Å². The van der Waals surface area contributed by atoms with Gasteiger partial charge in [-0.2, -0.15) is 0 Å². The Labute approximate surface area is 293 Å². The molecule has 11 heteroatoms. The number of amides is 3. The van der Waals surface area contributed by atoms with Crippen molar-refractivity contribution in [2.75, 3.05) is 13.2 Å². The number of carbonyl (C=O) groups excluding carboxylic acids is 4. The second-order valence-corrected chi connectivity index (χ2v) is 14.9. The number of ether oxygens (including phenoxy) is 2. The average molecular weight is 687 g/mol. The number of carbonyl (C=O) groups is 4. The number of nitrogens with one attached hydrogen (secondary N) is 3. The van der Waals surface area contributed by atoms with Crippen molar-refractivity contribution in [2.24, 2.45) is 40.8 Å². The van der Waals surface area contributed by atoms with E-state index in [4.69, 9.17) is 20.2 Å². The first-order valence-electron chi connectivity index (χ1n) is 18.6. The molecule has 2 unspecified atom stereocenters. The Hall–Kier alpha value is -3.02. The lowest BCUT2D eigenvalue weighted by Crippen LogP contribution is -2.55. The number of hydrazine groups is 1. The fourth-order valence-corrected chi connectivity index (χ4v) is 7.76. The van der Waals surface area contributed by atoms with E-state index in [0.717, 1.165) is 50.5 Å². The van der Waals surface area contributed by atoms with E-state index in [0.29, 0.717) is 44.6 Å². The van der Waals surface area contributed by atoms with Crippen LogP contribution in [0.5, 0.6) is 0 Å². The van der Waals surface area contributed by atoms with Gasteiger partial charge < -0.3 is 14.8 Å². The molecule has 1 aliphatic carbocycles. The number of hydrogen-bond acceptors (Lipinski definition) is 8. The zero-order valence-electron chi connectivity index (χ0n) is 30.3. The Morgan fingerprint density at radius 2 is 1.65 bits per heavy atom. The lowest BCUT2D eigenvalue weighted by Gasteiger charge is -2.44. The Morgan fingerprint density at radius 3 is 2.29 bits per heavy atom. The van der Waals surface area contributed by atoms with Gasteiger partial charge in [0.05, 0.1) is 11.8 Å². The van der Waals surface area contributed by atoms with Gasteiger partial charge in [-0.05, 0) is 68.3 Å². The summed E-state index contributed by atoms with van der Waals surface area (Å²) in [5.41, 5.74) is 4.69. The molecule has 1 saturated heterocycles. The van der Waals surface area contributed by atoms with Crippen molar-refractivity contribution in [2.45, 2.75) is 130 Å². The normalized spacial score (nSPS) is 19.4. The Balaban J connectivity index is 1.90. The van der Waals surface area contributed by atoms with Crippen molar-refractivity contribution in [3.63, 3.8) is 0 Å². The maximum absolute atomic E-state index is 14.8. The predicted octanol–water partition coefficient (Wildman–Crippen LogP) is 6.50. The van der Waals surface area contributed by atoms with Gasteiger partial charge >= 0.3 is 6.09 Å². The van der Waals surface area contributed by atoms with Crippen molar-refractivity contribution < 1.29 is 33.5 Å². The van der Waals surface area contributed by atoms with E-state index in [1.54, 1.807) is 0 Å². The number of rotatable bonds is 20. The highest BCUT2D eigenvalue weighted by Gasteiger charge is 2.53. The molecule has 1 heterocycles. The van der Waals surface area contributed by atoms with Crippen LogP contribution in [0.4, 0.5) is 4.79 Å². The van der Waals surface area contributed by atoms with Crippen LogP contribution in [0, 0.1) is 35.0 Å². The Bertz CT molecular complexity index is 1150.